The lowest BCUT2D eigenvalue weighted by Crippen LogP contribution is -2.08. The molecule has 0 saturated heterocycles. The van der Waals surface area contributed by atoms with E-state index in [-0.39, 0.29) is 5.52 Å². The second kappa shape index (κ2) is 3.52. The van der Waals surface area contributed by atoms with E-state index < -0.39 is 17.6 Å². The van der Waals surface area contributed by atoms with E-state index in [4.69, 9.17) is 11.6 Å². The van der Waals surface area contributed by atoms with Crippen LogP contribution in [0.25, 0.3) is 10.9 Å². The van der Waals surface area contributed by atoms with E-state index in [1.807, 2.05) is 0 Å². The summed E-state index contributed by atoms with van der Waals surface area (Å²) in [6.45, 7) is 0. The van der Waals surface area contributed by atoms with Crippen LogP contribution in [0.4, 0.5) is 13.2 Å². The minimum Gasteiger partial charge on any atom is -0.506 e. The molecule has 6 heteroatoms. The third-order valence-electron chi connectivity index (χ3n) is 2.03. The van der Waals surface area contributed by atoms with Crippen molar-refractivity contribution in [2.24, 2.45) is 0 Å². The van der Waals surface area contributed by atoms with Gasteiger partial charge in [-0.1, -0.05) is 11.6 Å². The summed E-state index contributed by atoms with van der Waals surface area (Å²) in [6.07, 6.45) is -4.67. The predicted molar refractivity (Wildman–Crippen MR) is 53.4 cm³/mol. The Hall–Kier alpha value is -1.49. The summed E-state index contributed by atoms with van der Waals surface area (Å²) < 4.78 is 37.2. The Labute approximate surface area is 93.3 Å². The zero-order valence-electron chi connectivity index (χ0n) is 7.72. The number of aromatic nitrogens is 1. The average molecular weight is 248 g/mol. The smallest absolute Gasteiger partial charge is 0.437 e. The Morgan fingerprint density at radius 3 is 2.50 bits per heavy atom. The van der Waals surface area contributed by atoms with Crippen LogP contribution in [0.2, 0.25) is 5.02 Å². The van der Waals surface area contributed by atoms with Crippen LogP contribution >= 0.6 is 11.6 Å². The van der Waals surface area contributed by atoms with Crippen molar-refractivity contribution in [3.05, 3.63) is 35.0 Å². The van der Waals surface area contributed by atoms with Gasteiger partial charge in [-0.2, -0.15) is 13.2 Å². The quantitative estimate of drug-likeness (QED) is 0.771. The molecule has 0 amide bonds. The van der Waals surface area contributed by atoms with Crippen LogP contribution < -0.4 is 0 Å². The third-order valence-corrected chi connectivity index (χ3v) is 2.26. The summed E-state index contributed by atoms with van der Waals surface area (Å²) in [4.78, 5) is 3.35. The molecular formula is C10H5ClF3NO. The van der Waals surface area contributed by atoms with Crippen LogP contribution in [0.1, 0.15) is 5.69 Å². The maximum atomic E-state index is 12.4. The van der Waals surface area contributed by atoms with E-state index in [0.29, 0.717) is 10.4 Å². The average Bonchev–Trinajstić information content (AvgIpc) is 2.14. The van der Waals surface area contributed by atoms with Gasteiger partial charge in [0.25, 0.3) is 0 Å². The Bertz CT molecular complexity index is 553. The first kappa shape index (κ1) is 11.0. The summed E-state index contributed by atoms with van der Waals surface area (Å²) in [5, 5.41) is 9.94. The highest BCUT2D eigenvalue weighted by Crippen LogP contribution is 2.36. The van der Waals surface area contributed by atoms with Gasteiger partial charge in [-0.05, 0) is 24.3 Å². The first-order valence-electron chi connectivity index (χ1n) is 4.24. The molecule has 0 fully saturated rings. The molecule has 16 heavy (non-hydrogen) atoms. The first-order valence-corrected chi connectivity index (χ1v) is 4.62. The second-order valence-corrected chi connectivity index (χ2v) is 3.63. The highest BCUT2D eigenvalue weighted by atomic mass is 35.5. The molecule has 1 N–H and O–H groups in total. The van der Waals surface area contributed by atoms with Gasteiger partial charge in [0.2, 0.25) is 0 Å². The normalized spacial score (nSPS) is 12.0. The molecule has 0 unspecified atom stereocenters. The molecule has 2 nitrogen and oxygen atoms in total. The lowest BCUT2D eigenvalue weighted by molar-refractivity contribution is -0.142. The number of hydrogen-bond donors (Lipinski definition) is 1. The van der Waals surface area contributed by atoms with Crippen molar-refractivity contribution in [3.8, 4) is 5.75 Å². The van der Waals surface area contributed by atoms with Crippen molar-refractivity contribution < 1.29 is 18.3 Å². The van der Waals surface area contributed by atoms with Crippen LogP contribution in [0, 0.1) is 0 Å². The molecule has 0 aliphatic carbocycles. The van der Waals surface area contributed by atoms with Crippen molar-refractivity contribution in [2.45, 2.75) is 6.18 Å². The number of aromatic hydroxyl groups is 1. The van der Waals surface area contributed by atoms with Gasteiger partial charge in [0, 0.05) is 10.4 Å². The number of nitrogens with zero attached hydrogens (tertiary/aromatic N) is 1. The summed E-state index contributed by atoms with van der Waals surface area (Å²) >= 11 is 5.67. The fraction of sp³-hybridized carbons (Fsp3) is 0.100. The Morgan fingerprint density at radius 1 is 1.19 bits per heavy atom. The zero-order chi connectivity index (χ0) is 11.9. The maximum Gasteiger partial charge on any atom is 0.437 e. The summed E-state index contributed by atoms with van der Waals surface area (Å²) in [5.41, 5.74) is -1.16. The minimum absolute atomic E-state index is 0.134. The molecule has 1 aromatic heterocycles. The molecule has 0 aliphatic heterocycles. The van der Waals surface area contributed by atoms with Crippen LogP contribution in [0.15, 0.2) is 24.3 Å². The van der Waals surface area contributed by atoms with Gasteiger partial charge in [0.1, 0.15) is 5.75 Å². The van der Waals surface area contributed by atoms with E-state index in [1.54, 1.807) is 0 Å². The second-order valence-electron chi connectivity index (χ2n) is 3.19. The van der Waals surface area contributed by atoms with Gasteiger partial charge >= 0.3 is 6.18 Å². The number of alkyl halides is 3. The lowest BCUT2D eigenvalue weighted by Gasteiger charge is -2.09. The molecule has 1 aromatic carbocycles. The van der Waals surface area contributed by atoms with E-state index in [2.05, 4.69) is 4.98 Å². The Kier molecular flexibility index (Phi) is 2.42. The van der Waals surface area contributed by atoms with Crippen LogP contribution in [-0.2, 0) is 6.18 Å². The van der Waals surface area contributed by atoms with Crippen molar-refractivity contribution in [1.29, 1.82) is 0 Å². The zero-order valence-corrected chi connectivity index (χ0v) is 8.47. The van der Waals surface area contributed by atoms with Crippen molar-refractivity contribution in [1.82, 2.24) is 4.98 Å². The van der Waals surface area contributed by atoms with E-state index >= 15 is 0 Å². The third kappa shape index (κ3) is 1.90. The summed E-state index contributed by atoms with van der Waals surface area (Å²) in [7, 11) is 0. The molecule has 1 heterocycles. The van der Waals surface area contributed by atoms with Gasteiger partial charge in [-0.25, -0.2) is 4.98 Å². The predicted octanol–water partition coefficient (Wildman–Crippen LogP) is 3.61. The number of rotatable bonds is 0. The molecule has 0 bridgehead atoms. The highest BCUT2D eigenvalue weighted by Gasteiger charge is 2.36. The monoisotopic (exact) mass is 247 g/mol. The van der Waals surface area contributed by atoms with Crippen LogP contribution in [0.3, 0.4) is 0 Å². The maximum absolute atomic E-state index is 12.4. The topological polar surface area (TPSA) is 33.1 Å². The van der Waals surface area contributed by atoms with Crippen LogP contribution in [-0.4, -0.2) is 10.1 Å². The molecule has 0 aliphatic rings. The van der Waals surface area contributed by atoms with Gasteiger partial charge in [-0.15, -0.1) is 0 Å². The van der Waals surface area contributed by atoms with E-state index in [9.17, 15) is 18.3 Å². The van der Waals surface area contributed by atoms with Crippen molar-refractivity contribution in [2.75, 3.05) is 0 Å². The molecule has 0 radical (unpaired) electrons. The SMILES string of the molecule is Oc1cc2cc(Cl)ccc2nc1C(F)(F)F. The fourth-order valence-corrected chi connectivity index (χ4v) is 1.53. The molecule has 0 saturated carbocycles. The van der Waals surface area contributed by atoms with Gasteiger partial charge in [0.15, 0.2) is 5.69 Å². The summed E-state index contributed by atoms with van der Waals surface area (Å²) in [6, 6.07) is 5.24. The van der Waals surface area contributed by atoms with Gasteiger partial charge in [0.05, 0.1) is 5.52 Å². The first-order chi connectivity index (χ1) is 7.38. The minimum atomic E-state index is -4.67. The Morgan fingerprint density at radius 2 is 1.88 bits per heavy atom. The number of halogens is 4. The molecule has 2 aromatic rings. The van der Waals surface area contributed by atoms with E-state index in [1.165, 1.54) is 18.2 Å². The van der Waals surface area contributed by atoms with E-state index in [0.717, 1.165) is 6.07 Å². The molecule has 0 spiro atoms. The molecular weight excluding hydrogens is 243 g/mol. The molecule has 84 valence electrons. The fourth-order valence-electron chi connectivity index (χ4n) is 1.34. The number of fused-ring (bicyclic) bond motifs is 1. The number of hydrogen-bond acceptors (Lipinski definition) is 2. The summed E-state index contributed by atoms with van der Waals surface area (Å²) in [5.74, 6) is -0.901. The van der Waals surface area contributed by atoms with Crippen LogP contribution in [0.5, 0.6) is 5.75 Å². The largest absolute Gasteiger partial charge is 0.506 e. The molecule has 0 atom stereocenters. The highest BCUT2D eigenvalue weighted by molar-refractivity contribution is 6.31. The standard InChI is InChI=1S/C10H5ClF3NO/c11-6-1-2-7-5(3-6)4-8(16)9(15-7)10(12,13)14/h1-4,16H. The number of benzene rings is 1. The Balaban J connectivity index is 2.72. The number of pyridine rings is 1. The molecule has 2 rings (SSSR count). The van der Waals surface area contributed by atoms with Crippen molar-refractivity contribution >= 4 is 22.5 Å². The van der Waals surface area contributed by atoms with Crippen molar-refractivity contribution in [3.63, 3.8) is 0 Å². The van der Waals surface area contributed by atoms with Gasteiger partial charge in [-0.3, -0.25) is 0 Å². The van der Waals surface area contributed by atoms with Gasteiger partial charge < -0.3 is 5.11 Å². The lowest BCUT2D eigenvalue weighted by atomic mass is 10.2.